The highest BCUT2D eigenvalue weighted by Crippen LogP contribution is 2.26. The fourth-order valence-corrected chi connectivity index (χ4v) is 4.12. The number of hydrogen-bond acceptors (Lipinski definition) is 2. The van der Waals surface area contributed by atoms with Gasteiger partial charge in [-0.05, 0) is 67.9 Å². The third kappa shape index (κ3) is 4.88. The standard InChI is InChI=1S/C22H27NOS/c1-3-21(19-11-10-17-6-4-5-7-18(17)14-19)23-22(24)15-25-20-12-8-16(2)9-13-20/h8-14,21H,3-7,15H2,1-2H3,(H,23,24)/t21-/m0/s1. The molecular weight excluding hydrogens is 326 g/mol. The molecule has 0 saturated carbocycles. The molecule has 0 aromatic heterocycles. The zero-order valence-corrected chi connectivity index (χ0v) is 16.0. The lowest BCUT2D eigenvalue weighted by Gasteiger charge is -2.21. The van der Waals surface area contributed by atoms with E-state index in [-0.39, 0.29) is 11.9 Å². The van der Waals surface area contributed by atoms with Crippen LogP contribution in [0.1, 0.15) is 54.5 Å². The number of rotatable bonds is 6. The molecule has 132 valence electrons. The van der Waals surface area contributed by atoms with E-state index in [0.717, 1.165) is 11.3 Å². The first-order valence-electron chi connectivity index (χ1n) is 9.26. The molecule has 1 N–H and O–H groups in total. The lowest BCUT2D eigenvalue weighted by molar-refractivity contribution is -0.119. The Morgan fingerprint density at radius 2 is 1.80 bits per heavy atom. The van der Waals surface area contributed by atoms with E-state index in [1.54, 1.807) is 11.8 Å². The predicted octanol–water partition coefficient (Wildman–Crippen LogP) is 5.23. The summed E-state index contributed by atoms with van der Waals surface area (Å²) in [6, 6.07) is 15.2. The third-order valence-corrected chi connectivity index (χ3v) is 5.92. The largest absolute Gasteiger partial charge is 0.349 e. The maximum absolute atomic E-state index is 12.4. The quantitative estimate of drug-likeness (QED) is 0.720. The Morgan fingerprint density at radius 1 is 1.08 bits per heavy atom. The summed E-state index contributed by atoms with van der Waals surface area (Å²) < 4.78 is 0. The molecule has 0 radical (unpaired) electrons. The lowest BCUT2D eigenvalue weighted by Crippen LogP contribution is -2.29. The summed E-state index contributed by atoms with van der Waals surface area (Å²) in [4.78, 5) is 13.5. The molecule has 2 nitrogen and oxygen atoms in total. The zero-order chi connectivity index (χ0) is 17.6. The molecule has 0 fully saturated rings. The lowest BCUT2D eigenvalue weighted by atomic mass is 9.89. The Balaban J connectivity index is 1.59. The number of nitrogens with one attached hydrogen (secondary N) is 1. The minimum atomic E-state index is 0.107. The Hall–Kier alpha value is -1.74. The van der Waals surface area contributed by atoms with Crippen LogP contribution in [-0.4, -0.2) is 11.7 Å². The second-order valence-electron chi connectivity index (χ2n) is 6.87. The molecule has 0 heterocycles. The van der Waals surface area contributed by atoms with Crippen LogP contribution in [0.15, 0.2) is 47.4 Å². The monoisotopic (exact) mass is 353 g/mol. The first-order chi connectivity index (χ1) is 12.2. The molecule has 0 spiro atoms. The van der Waals surface area contributed by atoms with Gasteiger partial charge in [0.2, 0.25) is 5.91 Å². The van der Waals surface area contributed by atoms with E-state index in [0.29, 0.717) is 5.75 Å². The van der Waals surface area contributed by atoms with Crippen molar-refractivity contribution < 1.29 is 4.79 Å². The van der Waals surface area contributed by atoms with Crippen LogP contribution < -0.4 is 5.32 Å². The summed E-state index contributed by atoms with van der Waals surface area (Å²) in [5.41, 5.74) is 5.46. The van der Waals surface area contributed by atoms with Crippen molar-refractivity contribution in [1.29, 1.82) is 0 Å². The fourth-order valence-electron chi connectivity index (χ4n) is 3.41. The fraction of sp³-hybridized carbons (Fsp3) is 0.409. The van der Waals surface area contributed by atoms with E-state index in [1.165, 1.54) is 47.9 Å². The van der Waals surface area contributed by atoms with Crippen LogP contribution in [0.5, 0.6) is 0 Å². The van der Waals surface area contributed by atoms with Crippen molar-refractivity contribution in [3.8, 4) is 0 Å². The van der Waals surface area contributed by atoms with Gasteiger partial charge >= 0.3 is 0 Å². The van der Waals surface area contributed by atoms with Crippen LogP contribution in [0.2, 0.25) is 0 Å². The number of aryl methyl sites for hydroxylation is 3. The molecule has 25 heavy (non-hydrogen) atoms. The maximum atomic E-state index is 12.4. The van der Waals surface area contributed by atoms with E-state index in [4.69, 9.17) is 0 Å². The van der Waals surface area contributed by atoms with Gasteiger partial charge in [0.1, 0.15) is 0 Å². The van der Waals surface area contributed by atoms with Crippen LogP contribution in [0.3, 0.4) is 0 Å². The van der Waals surface area contributed by atoms with Crippen LogP contribution in [0.25, 0.3) is 0 Å². The summed E-state index contributed by atoms with van der Waals surface area (Å²) in [5, 5.41) is 3.21. The summed E-state index contributed by atoms with van der Waals surface area (Å²) >= 11 is 1.60. The average molecular weight is 354 g/mol. The Bertz CT molecular complexity index is 723. The van der Waals surface area contributed by atoms with Gasteiger partial charge in [0.15, 0.2) is 0 Å². The van der Waals surface area contributed by atoms with Gasteiger partial charge in [-0.1, -0.05) is 42.8 Å². The first kappa shape index (κ1) is 18.1. The summed E-state index contributed by atoms with van der Waals surface area (Å²) in [6.07, 6.45) is 5.88. The van der Waals surface area contributed by atoms with E-state index >= 15 is 0 Å². The van der Waals surface area contributed by atoms with Gasteiger partial charge in [0, 0.05) is 4.90 Å². The molecule has 0 bridgehead atoms. The molecule has 3 heteroatoms. The second kappa shape index (κ2) is 8.57. The third-order valence-electron chi connectivity index (χ3n) is 4.91. The van der Waals surface area contributed by atoms with Crippen molar-refractivity contribution in [1.82, 2.24) is 5.32 Å². The van der Waals surface area contributed by atoms with Crippen molar-refractivity contribution in [2.45, 2.75) is 56.9 Å². The average Bonchev–Trinajstić information content (AvgIpc) is 2.65. The molecule has 2 aromatic carbocycles. The van der Waals surface area contributed by atoms with Crippen molar-refractivity contribution in [3.63, 3.8) is 0 Å². The molecule has 1 amide bonds. The molecule has 0 aliphatic heterocycles. The summed E-state index contributed by atoms with van der Waals surface area (Å²) in [7, 11) is 0. The minimum absolute atomic E-state index is 0.107. The molecular formula is C22H27NOS. The van der Waals surface area contributed by atoms with Gasteiger partial charge in [-0.2, -0.15) is 0 Å². The molecule has 1 atom stereocenters. The van der Waals surface area contributed by atoms with E-state index in [1.807, 2.05) is 0 Å². The number of carbonyl (C=O) groups excluding carboxylic acids is 1. The zero-order valence-electron chi connectivity index (χ0n) is 15.2. The van der Waals surface area contributed by atoms with Crippen LogP contribution in [-0.2, 0) is 17.6 Å². The maximum Gasteiger partial charge on any atom is 0.230 e. The van der Waals surface area contributed by atoms with Gasteiger partial charge in [0.05, 0.1) is 11.8 Å². The highest BCUT2D eigenvalue weighted by atomic mass is 32.2. The Labute approximate surface area is 155 Å². The van der Waals surface area contributed by atoms with Crippen molar-refractivity contribution in [2.75, 3.05) is 5.75 Å². The number of carbonyl (C=O) groups is 1. The molecule has 3 rings (SSSR count). The minimum Gasteiger partial charge on any atom is -0.349 e. The van der Waals surface area contributed by atoms with Gasteiger partial charge < -0.3 is 5.32 Å². The number of thioether (sulfide) groups is 1. The predicted molar refractivity (Wildman–Crippen MR) is 106 cm³/mol. The van der Waals surface area contributed by atoms with Crippen molar-refractivity contribution in [2.24, 2.45) is 0 Å². The molecule has 0 unspecified atom stereocenters. The Kier molecular flexibility index (Phi) is 6.19. The van der Waals surface area contributed by atoms with Gasteiger partial charge in [0.25, 0.3) is 0 Å². The normalized spacial score (nSPS) is 14.6. The topological polar surface area (TPSA) is 29.1 Å². The second-order valence-corrected chi connectivity index (χ2v) is 7.91. The van der Waals surface area contributed by atoms with E-state index in [2.05, 4.69) is 61.6 Å². The highest BCUT2D eigenvalue weighted by molar-refractivity contribution is 8.00. The van der Waals surface area contributed by atoms with Crippen LogP contribution >= 0.6 is 11.8 Å². The number of benzene rings is 2. The van der Waals surface area contributed by atoms with Gasteiger partial charge in [-0.25, -0.2) is 0 Å². The van der Waals surface area contributed by atoms with Crippen molar-refractivity contribution >= 4 is 17.7 Å². The number of hydrogen-bond donors (Lipinski definition) is 1. The SMILES string of the molecule is CC[C@H](NC(=O)CSc1ccc(C)cc1)c1ccc2c(c1)CCCC2. The Morgan fingerprint density at radius 3 is 2.52 bits per heavy atom. The number of amides is 1. The van der Waals surface area contributed by atoms with Crippen molar-refractivity contribution in [3.05, 3.63) is 64.7 Å². The molecule has 1 aliphatic carbocycles. The summed E-state index contributed by atoms with van der Waals surface area (Å²) in [6.45, 7) is 4.21. The van der Waals surface area contributed by atoms with Gasteiger partial charge in [-0.3, -0.25) is 4.79 Å². The van der Waals surface area contributed by atoms with Gasteiger partial charge in [-0.15, -0.1) is 11.8 Å². The van der Waals surface area contributed by atoms with E-state index < -0.39 is 0 Å². The summed E-state index contributed by atoms with van der Waals surface area (Å²) in [5.74, 6) is 0.569. The number of fused-ring (bicyclic) bond motifs is 1. The smallest absolute Gasteiger partial charge is 0.230 e. The molecule has 0 saturated heterocycles. The van der Waals surface area contributed by atoms with E-state index in [9.17, 15) is 4.79 Å². The first-order valence-corrected chi connectivity index (χ1v) is 10.2. The molecule has 1 aliphatic rings. The van der Waals surface area contributed by atoms with Crippen LogP contribution in [0, 0.1) is 6.92 Å². The highest BCUT2D eigenvalue weighted by Gasteiger charge is 2.16. The molecule has 2 aromatic rings. The van der Waals surface area contributed by atoms with Crippen LogP contribution in [0.4, 0.5) is 0 Å².